The number of nitrogens with one attached hydrogen (secondary N) is 1. The highest BCUT2D eigenvalue weighted by Crippen LogP contribution is 2.26. The Morgan fingerprint density at radius 3 is 3.00 bits per heavy atom. The summed E-state index contributed by atoms with van der Waals surface area (Å²) in [6.07, 6.45) is 3.38. The summed E-state index contributed by atoms with van der Waals surface area (Å²) in [5.41, 5.74) is 1.43. The van der Waals surface area contributed by atoms with E-state index in [0.29, 0.717) is 12.2 Å². The third-order valence-electron chi connectivity index (χ3n) is 3.09. The lowest BCUT2D eigenvalue weighted by molar-refractivity contribution is 0.181. The van der Waals surface area contributed by atoms with E-state index in [-0.39, 0.29) is 11.9 Å². The third kappa shape index (κ3) is 2.42. The van der Waals surface area contributed by atoms with Crippen LogP contribution in [0.1, 0.15) is 36.4 Å². The maximum Gasteiger partial charge on any atom is 0.133 e. The Morgan fingerprint density at radius 2 is 2.31 bits per heavy atom. The van der Waals surface area contributed by atoms with Crippen molar-refractivity contribution in [1.82, 2.24) is 5.32 Å². The molecule has 88 valence electrons. The van der Waals surface area contributed by atoms with E-state index in [9.17, 15) is 4.39 Å². The van der Waals surface area contributed by atoms with Gasteiger partial charge in [0.15, 0.2) is 0 Å². The van der Waals surface area contributed by atoms with Crippen molar-refractivity contribution in [1.29, 1.82) is 0 Å². The lowest BCUT2D eigenvalue weighted by atomic mass is 9.95. The summed E-state index contributed by atoms with van der Waals surface area (Å²) in [5.74, 6) is -0.108. The van der Waals surface area contributed by atoms with E-state index >= 15 is 0 Å². The molecule has 16 heavy (non-hydrogen) atoms. The van der Waals surface area contributed by atoms with Gasteiger partial charge in [-0.15, -0.1) is 0 Å². The summed E-state index contributed by atoms with van der Waals surface area (Å²) in [5, 5.41) is 3.36. The molecule has 0 bridgehead atoms. The minimum Gasteiger partial charge on any atom is -0.380 e. The van der Waals surface area contributed by atoms with Crippen molar-refractivity contribution in [3.8, 4) is 0 Å². The first-order valence-corrected chi connectivity index (χ1v) is 5.82. The zero-order valence-electron chi connectivity index (χ0n) is 9.63. The van der Waals surface area contributed by atoms with Crippen LogP contribution in [-0.2, 0) is 11.3 Å². The van der Waals surface area contributed by atoms with Crippen molar-refractivity contribution < 1.29 is 9.13 Å². The third-order valence-corrected chi connectivity index (χ3v) is 3.09. The number of hydrogen-bond acceptors (Lipinski definition) is 2. The molecule has 1 fully saturated rings. The predicted octanol–water partition coefficient (Wildman–Crippen LogP) is 2.79. The predicted molar refractivity (Wildman–Crippen MR) is 61.7 cm³/mol. The number of halogens is 1. The Hall–Kier alpha value is -0.930. The Bertz CT molecular complexity index is 348. The number of benzene rings is 1. The fourth-order valence-electron chi connectivity index (χ4n) is 2.25. The topological polar surface area (TPSA) is 21.3 Å². The molecule has 1 heterocycles. The molecule has 2 nitrogen and oxygen atoms in total. The zero-order chi connectivity index (χ0) is 11.4. The first kappa shape index (κ1) is 11.6. The van der Waals surface area contributed by atoms with Crippen LogP contribution in [0.4, 0.5) is 4.39 Å². The molecule has 0 amide bonds. The summed E-state index contributed by atoms with van der Waals surface area (Å²) in [4.78, 5) is 0. The van der Waals surface area contributed by atoms with Crippen LogP contribution in [-0.4, -0.2) is 13.7 Å². The van der Waals surface area contributed by atoms with Crippen LogP contribution in [0.25, 0.3) is 0 Å². The Labute approximate surface area is 95.8 Å². The van der Waals surface area contributed by atoms with E-state index < -0.39 is 0 Å². The van der Waals surface area contributed by atoms with Gasteiger partial charge in [-0.25, -0.2) is 4.39 Å². The molecule has 1 aromatic carbocycles. The van der Waals surface area contributed by atoms with E-state index in [4.69, 9.17) is 4.74 Å². The number of hydrogen-bond donors (Lipinski definition) is 1. The van der Waals surface area contributed by atoms with E-state index in [1.807, 2.05) is 12.1 Å². The molecule has 0 aromatic heterocycles. The van der Waals surface area contributed by atoms with Crippen LogP contribution in [0.5, 0.6) is 0 Å². The van der Waals surface area contributed by atoms with Gasteiger partial charge >= 0.3 is 0 Å². The minimum atomic E-state index is -0.108. The van der Waals surface area contributed by atoms with Crippen molar-refractivity contribution in [3.63, 3.8) is 0 Å². The Balaban J connectivity index is 2.22. The van der Waals surface area contributed by atoms with Gasteiger partial charge in [0.25, 0.3) is 0 Å². The molecule has 0 radical (unpaired) electrons. The van der Waals surface area contributed by atoms with Crippen molar-refractivity contribution in [3.05, 3.63) is 35.1 Å². The average molecular weight is 223 g/mol. The molecule has 1 atom stereocenters. The second-order valence-corrected chi connectivity index (χ2v) is 4.26. The van der Waals surface area contributed by atoms with Crippen LogP contribution in [0.2, 0.25) is 0 Å². The molecule has 1 aliphatic heterocycles. The monoisotopic (exact) mass is 223 g/mol. The Morgan fingerprint density at radius 1 is 1.44 bits per heavy atom. The molecular weight excluding hydrogens is 205 g/mol. The quantitative estimate of drug-likeness (QED) is 0.850. The molecule has 1 aromatic rings. The summed E-state index contributed by atoms with van der Waals surface area (Å²) < 4.78 is 19.1. The van der Waals surface area contributed by atoms with Gasteiger partial charge < -0.3 is 10.1 Å². The van der Waals surface area contributed by atoms with Crippen molar-refractivity contribution in [2.24, 2.45) is 0 Å². The minimum absolute atomic E-state index is 0.108. The number of piperidine rings is 1. The number of methoxy groups -OCH3 is 1. The molecule has 1 saturated heterocycles. The fraction of sp³-hybridized carbons (Fsp3) is 0.538. The first-order valence-electron chi connectivity index (χ1n) is 5.82. The average Bonchev–Trinajstić information content (AvgIpc) is 2.33. The lowest BCUT2D eigenvalue weighted by Gasteiger charge is -2.24. The number of ether oxygens (including phenoxy) is 1. The highest BCUT2D eigenvalue weighted by atomic mass is 19.1. The van der Waals surface area contributed by atoms with Crippen molar-refractivity contribution in [2.75, 3.05) is 13.7 Å². The van der Waals surface area contributed by atoms with Crippen LogP contribution in [0.3, 0.4) is 0 Å². The van der Waals surface area contributed by atoms with E-state index in [0.717, 1.165) is 18.5 Å². The molecule has 0 spiro atoms. The SMILES string of the molecule is COCc1cccc(C2CCCCN2)c1F. The molecular formula is C13H18FNO. The standard InChI is InChI=1S/C13H18FNO/c1-16-9-10-5-4-6-11(13(10)14)12-7-2-3-8-15-12/h4-6,12,15H,2-3,7-9H2,1H3. The molecule has 1 N–H and O–H groups in total. The van der Waals surface area contributed by atoms with Crippen LogP contribution in [0.15, 0.2) is 18.2 Å². The highest BCUT2D eigenvalue weighted by Gasteiger charge is 2.19. The molecule has 0 aliphatic carbocycles. The van der Waals surface area contributed by atoms with Gasteiger partial charge in [-0.1, -0.05) is 24.6 Å². The smallest absolute Gasteiger partial charge is 0.133 e. The van der Waals surface area contributed by atoms with Crippen LogP contribution < -0.4 is 5.32 Å². The van der Waals surface area contributed by atoms with Crippen molar-refractivity contribution >= 4 is 0 Å². The van der Waals surface area contributed by atoms with E-state index in [1.165, 1.54) is 12.8 Å². The van der Waals surface area contributed by atoms with E-state index in [1.54, 1.807) is 13.2 Å². The van der Waals surface area contributed by atoms with Gasteiger partial charge in [0, 0.05) is 24.3 Å². The van der Waals surface area contributed by atoms with Crippen LogP contribution in [0, 0.1) is 5.82 Å². The van der Waals surface area contributed by atoms with Gasteiger partial charge in [-0.05, 0) is 19.4 Å². The highest BCUT2D eigenvalue weighted by molar-refractivity contribution is 5.28. The number of rotatable bonds is 3. The molecule has 1 unspecified atom stereocenters. The molecule has 1 aliphatic rings. The largest absolute Gasteiger partial charge is 0.380 e. The van der Waals surface area contributed by atoms with Crippen LogP contribution >= 0.6 is 0 Å². The van der Waals surface area contributed by atoms with Gasteiger partial charge in [0.05, 0.1) is 6.61 Å². The Kier molecular flexibility index (Phi) is 3.91. The van der Waals surface area contributed by atoms with Gasteiger partial charge in [0.1, 0.15) is 5.82 Å². The summed E-state index contributed by atoms with van der Waals surface area (Å²) in [7, 11) is 1.59. The summed E-state index contributed by atoms with van der Waals surface area (Å²) in [6.45, 7) is 1.32. The van der Waals surface area contributed by atoms with Crippen molar-refractivity contribution in [2.45, 2.75) is 31.9 Å². The van der Waals surface area contributed by atoms with E-state index in [2.05, 4.69) is 5.32 Å². The summed E-state index contributed by atoms with van der Waals surface area (Å²) in [6, 6.07) is 5.73. The molecule has 2 rings (SSSR count). The van der Waals surface area contributed by atoms with Gasteiger partial charge in [-0.2, -0.15) is 0 Å². The normalized spacial score (nSPS) is 21.0. The fourth-order valence-corrected chi connectivity index (χ4v) is 2.25. The van der Waals surface area contributed by atoms with Gasteiger partial charge in [-0.3, -0.25) is 0 Å². The maximum atomic E-state index is 14.1. The molecule has 3 heteroatoms. The maximum absolute atomic E-state index is 14.1. The van der Waals surface area contributed by atoms with Gasteiger partial charge in [0.2, 0.25) is 0 Å². The molecule has 0 saturated carbocycles. The first-order chi connectivity index (χ1) is 7.83. The zero-order valence-corrected chi connectivity index (χ0v) is 9.63. The summed E-state index contributed by atoms with van der Waals surface area (Å²) >= 11 is 0. The second-order valence-electron chi connectivity index (χ2n) is 4.26. The lowest BCUT2D eigenvalue weighted by Crippen LogP contribution is -2.27. The second kappa shape index (κ2) is 5.41.